The van der Waals surface area contributed by atoms with Gasteiger partial charge in [-0.05, 0) is 20.2 Å². The van der Waals surface area contributed by atoms with E-state index < -0.39 is 0 Å². The number of hydrogen-bond acceptors (Lipinski definition) is 2. The van der Waals surface area contributed by atoms with E-state index >= 15 is 0 Å². The van der Waals surface area contributed by atoms with Gasteiger partial charge in [-0.1, -0.05) is 11.6 Å². The highest BCUT2D eigenvalue weighted by Crippen LogP contribution is 2.19. The van der Waals surface area contributed by atoms with E-state index in [1.165, 1.54) is 5.56 Å². The van der Waals surface area contributed by atoms with Crippen LogP contribution in [0.25, 0.3) is 11.0 Å². The maximum Gasteiger partial charge on any atom is 0.0924 e. The third kappa shape index (κ3) is 1.74. The first-order valence-corrected chi connectivity index (χ1v) is 4.81. The molecule has 0 radical (unpaired) electrons. The molecule has 4 heteroatoms. The molecule has 2 heterocycles. The minimum atomic E-state index is 0.663. The second kappa shape index (κ2) is 3.59. The summed E-state index contributed by atoms with van der Waals surface area (Å²) in [5.74, 6) is 0. The summed E-state index contributed by atoms with van der Waals surface area (Å²) in [4.78, 5) is 9.57. The van der Waals surface area contributed by atoms with E-state index in [-0.39, 0.29) is 0 Å². The SMILES string of the molecule is CN(C)Cc1c[nH]c2cc(Cl)cnc12. The van der Waals surface area contributed by atoms with Gasteiger partial charge in [0.05, 0.1) is 16.1 Å². The average Bonchev–Trinajstić information content (AvgIpc) is 2.47. The summed E-state index contributed by atoms with van der Waals surface area (Å²) in [5, 5.41) is 0.663. The molecule has 0 saturated heterocycles. The van der Waals surface area contributed by atoms with Crippen LogP contribution in [0.5, 0.6) is 0 Å². The van der Waals surface area contributed by atoms with Crippen molar-refractivity contribution < 1.29 is 0 Å². The molecular weight excluding hydrogens is 198 g/mol. The number of aromatic nitrogens is 2. The number of pyridine rings is 1. The van der Waals surface area contributed by atoms with E-state index in [4.69, 9.17) is 11.6 Å². The molecule has 0 saturated carbocycles. The molecule has 0 aliphatic carbocycles. The molecule has 0 amide bonds. The average molecular weight is 210 g/mol. The number of halogens is 1. The molecular formula is C10H12ClN3. The van der Waals surface area contributed by atoms with Crippen LogP contribution in [0, 0.1) is 0 Å². The van der Waals surface area contributed by atoms with Crippen molar-refractivity contribution in [1.29, 1.82) is 0 Å². The molecule has 0 atom stereocenters. The van der Waals surface area contributed by atoms with E-state index in [1.807, 2.05) is 26.4 Å². The molecule has 3 nitrogen and oxygen atoms in total. The Morgan fingerprint density at radius 1 is 1.50 bits per heavy atom. The van der Waals surface area contributed by atoms with Gasteiger partial charge in [-0.2, -0.15) is 0 Å². The van der Waals surface area contributed by atoms with Gasteiger partial charge in [0.2, 0.25) is 0 Å². The Morgan fingerprint density at radius 2 is 2.29 bits per heavy atom. The zero-order valence-corrected chi connectivity index (χ0v) is 8.97. The van der Waals surface area contributed by atoms with Crippen molar-refractivity contribution in [2.75, 3.05) is 14.1 Å². The molecule has 0 bridgehead atoms. The van der Waals surface area contributed by atoms with Gasteiger partial charge in [-0.15, -0.1) is 0 Å². The van der Waals surface area contributed by atoms with Crippen molar-refractivity contribution >= 4 is 22.6 Å². The van der Waals surface area contributed by atoms with Crippen LogP contribution in [0.1, 0.15) is 5.56 Å². The van der Waals surface area contributed by atoms with Crippen molar-refractivity contribution in [3.8, 4) is 0 Å². The van der Waals surface area contributed by atoms with Crippen LogP contribution in [0.2, 0.25) is 5.02 Å². The Kier molecular flexibility index (Phi) is 2.44. The Labute approximate surface area is 87.7 Å². The zero-order valence-electron chi connectivity index (χ0n) is 8.21. The highest BCUT2D eigenvalue weighted by atomic mass is 35.5. The third-order valence-electron chi connectivity index (χ3n) is 2.05. The molecule has 2 aromatic heterocycles. The highest BCUT2D eigenvalue weighted by Gasteiger charge is 2.05. The van der Waals surface area contributed by atoms with Crippen molar-refractivity contribution in [3.05, 3.63) is 29.0 Å². The van der Waals surface area contributed by atoms with Crippen LogP contribution in [-0.4, -0.2) is 29.0 Å². The Balaban J connectivity index is 2.47. The molecule has 0 spiro atoms. The van der Waals surface area contributed by atoms with Gasteiger partial charge in [0.15, 0.2) is 0 Å². The fourth-order valence-electron chi connectivity index (χ4n) is 1.50. The van der Waals surface area contributed by atoms with Gasteiger partial charge in [-0.25, -0.2) is 0 Å². The van der Waals surface area contributed by atoms with Gasteiger partial charge in [0, 0.05) is 24.5 Å². The minimum absolute atomic E-state index is 0.663. The summed E-state index contributed by atoms with van der Waals surface area (Å²) in [6.07, 6.45) is 3.66. The maximum atomic E-state index is 5.84. The largest absolute Gasteiger partial charge is 0.359 e. The standard InChI is InChI=1S/C10H12ClN3/c1-14(2)6-7-4-12-9-3-8(11)5-13-10(7)9/h3-5,12H,6H2,1-2H3. The second-order valence-corrected chi connectivity index (χ2v) is 4.04. The molecule has 0 fully saturated rings. The van der Waals surface area contributed by atoms with E-state index in [1.54, 1.807) is 6.20 Å². The normalized spacial score (nSPS) is 11.4. The first-order valence-electron chi connectivity index (χ1n) is 4.43. The lowest BCUT2D eigenvalue weighted by Gasteiger charge is -2.07. The number of nitrogens with one attached hydrogen (secondary N) is 1. The topological polar surface area (TPSA) is 31.9 Å². The maximum absolute atomic E-state index is 5.84. The number of nitrogens with zero attached hydrogens (tertiary/aromatic N) is 2. The van der Waals surface area contributed by atoms with Crippen LogP contribution in [0.15, 0.2) is 18.5 Å². The fourth-order valence-corrected chi connectivity index (χ4v) is 1.66. The van der Waals surface area contributed by atoms with Crippen LogP contribution in [-0.2, 0) is 6.54 Å². The van der Waals surface area contributed by atoms with Crippen LogP contribution in [0.3, 0.4) is 0 Å². The second-order valence-electron chi connectivity index (χ2n) is 3.60. The lowest BCUT2D eigenvalue weighted by atomic mass is 10.2. The van der Waals surface area contributed by atoms with E-state index in [2.05, 4.69) is 14.9 Å². The predicted molar refractivity (Wildman–Crippen MR) is 58.5 cm³/mol. The molecule has 2 rings (SSSR count). The van der Waals surface area contributed by atoms with Crippen LogP contribution >= 0.6 is 11.6 Å². The summed E-state index contributed by atoms with van der Waals surface area (Å²) in [6, 6.07) is 1.89. The lowest BCUT2D eigenvalue weighted by Crippen LogP contribution is -2.10. The van der Waals surface area contributed by atoms with E-state index in [0.29, 0.717) is 5.02 Å². The molecule has 2 aromatic rings. The quantitative estimate of drug-likeness (QED) is 0.823. The zero-order chi connectivity index (χ0) is 10.1. The summed E-state index contributed by atoms with van der Waals surface area (Å²) in [7, 11) is 4.07. The number of fused-ring (bicyclic) bond motifs is 1. The van der Waals surface area contributed by atoms with Crippen molar-refractivity contribution in [3.63, 3.8) is 0 Å². The number of H-pyrrole nitrogens is 1. The van der Waals surface area contributed by atoms with E-state index in [9.17, 15) is 0 Å². The number of hydrogen-bond donors (Lipinski definition) is 1. The van der Waals surface area contributed by atoms with Crippen molar-refractivity contribution in [1.82, 2.24) is 14.9 Å². The Morgan fingerprint density at radius 3 is 3.00 bits per heavy atom. The molecule has 14 heavy (non-hydrogen) atoms. The highest BCUT2D eigenvalue weighted by molar-refractivity contribution is 6.31. The smallest absolute Gasteiger partial charge is 0.0924 e. The Bertz CT molecular complexity index is 448. The molecule has 0 unspecified atom stereocenters. The first kappa shape index (κ1) is 9.49. The van der Waals surface area contributed by atoms with Gasteiger partial charge in [0.25, 0.3) is 0 Å². The summed E-state index contributed by atoms with van der Waals surface area (Å²) in [6.45, 7) is 0.884. The molecule has 1 N–H and O–H groups in total. The third-order valence-corrected chi connectivity index (χ3v) is 2.25. The molecule has 74 valence electrons. The summed E-state index contributed by atoms with van der Waals surface area (Å²) in [5.41, 5.74) is 3.19. The van der Waals surface area contributed by atoms with E-state index in [0.717, 1.165) is 17.6 Å². The molecule has 0 aliphatic heterocycles. The van der Waals surface area contributed by atoms with Gasteiger partial charge < -0.3 is 9.88 Å². The Hall–Kier alpha value is -1.06. The summed E-state index contributed by atoms with van der Waals surface area (Å²) >= 11 is 5.84. The first-order chi connectivity index (χ1) is 6.66. The lowest BCUT2D eigenvalue weighted by molar-refractivity contribution is 0.404. The fraction of sp³-hybridized carbons (Fsp3) is 0.300. The van der Waals surface area contributed by atoms with Gasteiger partial charge in [-0.3, -0.25) is 4.98 Å². The minimum Gasteiger partial charge on any atom is -0.359 e. The van der Waals surface area contributed by atoms with Gasteiger partial charge in [0.1, 0.15) is 0 Å². The molecule has 0 aliphatic rings. The summed E-state index contributed by atoms with van der Waals surface area (Å²) < 4.78 is 0. The van der Waals surface area contributed by atoms with Gasteiger partial charge >= 0.3 is 0 Å². The van der Waals surface area contributed by atoms with Crippen molar-refractivity contribution in [2.24, 2.45) is 0 Å². The van der Waals surface area contributed by atoms with Crippen molar-refractivity contribution in [2.45, 2.75) is 6.54 Å². The molecule has 0 aromatic carbocycles. The monoisotopic (exact) mass is 209 g/mol. The van der Waals surface area contributed by atoms with Crippen LogP contribution < -0.4 is 0 Å². The number of rotatable bonds is 2. The van der Waals surface area contributed by atoms with Crippen LogP contribution in [0.4, 0.5) is 0 Å². The number of aromatic amines is 1. The predicted octanol–water partition coefficient (Wildman–Crippen LogP) is 2.28.